The van der Waals surface area contributed by atoms with Crippen LogP contribution in [0.15, 0.2) is 17.5 Å². The van der Waals surface area contributed by atoms with Crippen LogP contribution in [-0.2, 0) is 0 Å². The number of hydrogen-bond donors (Lipinski definition) is 1. The van der Waals surface area contributed by atoms with Crippen molar-refractivity contribution in [2.24, 2.45) is 5.41 Å². The Morgan fingerprint density at radius 1 is 1.37 bits per heavy atom. The quantitative estimate of drug-likeness (QED) is 0.770. The second-order valence-electron chi connectivity index (χ2n) is 6.27. The molecule has 19 heavy (non-hydrogen) atoms. The van der Waals surface area contributed by atoms with Crippen LogP contribution in [0.1, 0.15) is 52.0 Å². The molecule has 1 rings (SSSR count). The Morgan fingerprint density at radius 3 is 2.58 bits per heavy atom. The number of hydrogen-bond acceptors (Lipinski definition) is 3. The van der Waals surface area contributed by atoms with Gasteiger partial charge in [0.25, 0.3) is 0 Å². The molecule has 0 aliphatic carbocycles. The molecule has 0 saturated carbocycles. The van der Waals surface area contributed by atoms with E-state index in [0.29, 0.717) is 12.1 Å². The molecule has 110 valence electrons. The average Bonchev–Trinajstić information content (AvgIpc) is 2.87. The van der Waals surface area contributed by atoms with Gasteiger partial charge in [-0.05, 0) is 50.7 Å². The van der Waals surface area contributed by atoms with Gasteiger partial charge >= 0.3 is 0 Å². The molecule has 0 amide bonds. The van der Waals surface area contributed by atoms with Crippen LogP contribution >= 0.6 is 11.3 Å². The molecule has 0 spiro atoms. The molecule has 0 radical (unpaired) electrons. The van der Waals surface area contributed by atoms with E-state index < -0.39 is 0 Å². The molecular formula is C16H30N2S. The summed E-state index contributed by atoms with van der Waals surface area (Å²) >= 11 is 1.85. The van der Waals surface area contributed by atoms with Gasteiger partial charge in [-0.25, -0.2) is 0 Å². The highest BCUT2D eigenvalue weighted by Crippen LogP contribution is 2.28. The highest BCUT2D eigenvalue weighted by Gasteiger charge is 2.28. The third-order valence-electron chi connectivity index (χ3n) is 4.15. The Morgan fingerprint density at radius 2 is 2.05 bits per heavy atom. The summed E-state index contributed by atoms with van der Waals surface area (Å²) in [5.41, 5.74) is 0.273. The molecule has 2 atom stereocenters. The monoisotopic (exact) mass is 282 g/mol. The molecule has 1 N–H and O–H groups in total. The number of rotatable bonds is 8. The average molecular weight is 282 g/mol. The summed E-state index contributed by atoms with van der Waals surface area (Å²) in [6, 6.07) is 5.40. The van der Waals surface area contributed by atoms with Crippen molar-refractivity contribution in [3.05, 3.63) is 22.4 Å². The van der Waals surface area contributed by atoms with E-state index in [1.807, 2.05) is 11.3 Å². The van der Waals surface area contributed by atoms with Gasteiger partial charge in [0, 0.05) is 23.5 Å². The number of thiophene rings is 1. The van der Waals surface area contributed by atoms with Crippen molar-refractivity contribution < 1.29 is 0 Å². The predicted molar refractivity (Wildman–Crippen MR) is 86.9 cm³/mol. The fourth-order valence-electron chi connectivity index (χ4n) is 2.30. The first kappa shape index (κ1) is 16.7. The van der Waals surface area contributed by atoms with E-state index >= 15 is 0 Å². The summed E-state index contributed by atoms with van der Waals surface area (Å²) in [6.07, 6.45) is 1.20. The zero-order chi connectivity index (χ0) is 14.5. The molecule has 0 bridgehead atoms. The summed E-state index contributed by atoms with van der Waals surface area (Å²) in [6.45, 7) is 13.7. The topological polar surface area (TPSA) is 15.3 Å². The second kappa shape index (κ2) is 7.41. The molecule has 1 aromatic rings. The number of nitrogens with one attached hydrogen (secondary N) is 1. The number of nitrogens with zero attached hydrogens (tertiary/aromatic N) is 1. The van der Waals surface area contributed by atoms with Crippen molar-refractivity contribution in [1.82, 2.24) is 10.2 Å². The second-order valence-corrected chi connectivity index (χ2v) is 7.25. The SMILES string of the molecule is CCCNC(C)C(C)(C)CN(C)C(C)c1cccs1. The summed E-state index contributed by atoms with van der Waals surface area (Å²) in [4.78, 5) is 3.92. The summed E-state index contributed by atoms with van der Waals surface area (Å²) in [5.74, 6) is 0. The van der Waals surface area contributed by atoms with E-state index in [0.717, 1.165) is 13.1 Å². The molecule has 2 unspecified atom stereocenters. The minimum Gasteiger partial charge on any atom is -0.314 e. The fourth-order valence-corrected chi connectivity index (χ4v) is 3.15. The van der Waals surface area contributed by atoms with Crippen molar-refractivity contribution in [3.63, 3.8) is 0 Å². The zero-order valence-electron chi connectivity index (χ0n) is 13.4. The molecule has 0 aliphatic heterocycles. The van der Waals surface area contributed by atoms with Crippen molar-refractivity contribution >= 4 is 11.3 Å². The van der Waals surface area contributed by atoms with Gasteiger partial charge in [-0.3, -0.25) is 4.90 Å². The van der Waals surface area contributed by atoms with Crippen LogP contribution in [0.5, 0.6) is 0 Å². The van der Waals surface area contributed by atoms with Crippen LogP contribution in [0.4, 0.5) is 0 Å². The predicted octanol–water partition coefficient (Wildman–Crippen LogP) is 4.16. The zero-order valence-corrected chi connectivity index (χ0v) is 14.2. The maximum Gasteiger partial charge on any atom is 0.0410 e. The lowest BCUT2D eigenvalue weighted by molar-refractivity contribution is 0.137. The maximum absolute atomic E-state index is 3.63. The lowest BCUT2D eigenvalue weighted by atomic mass is 9.84. The Kier molecular flexibility index (Phi) is 6.51. The Bertz CT molecular complexity index is 346. The van der Waals surface area contributed by atoms with Crippen LogP contribution in [0.2, 0.25) is 0 Å². The van der Waals surface area contributed by atoms with Crippen LogP contribution in [-0.4, -0.2) is 31.1 Å². The first-order valence-electron chi connectivity index (χ1n) is 7.35. The van der Waals surface area contributed by atoms with Crippen LogP contribution in [0.25, 0.3) is 0 Å². The van der Waals surface area contributed by atoms with Gasteiger partial charge in [0.2, 0.25) is 0 Å². The van der Waals surface area contributed by atoms with E-state index in [9.17, 15) is 0 Å². The molecule has 0 aromatic carbocycles. The van der Waals surface area contributed by atoms with E-state index in [1.54, 1.807) is 0 Å². The van der Waals surface area contributed by atoms with E-state index in [4.69, 9.17) is 0 Å². The fraction of sp³-hybridized carbons (Fsp3) is 0.750. The normalized spacial score (nSPS) is 15.7. The molecule has 0 fully saturated rings. The Labute approximate surface area is 123 Å². The van der Waals surface area contributed by atoms with Gasteiger partial charge in [0.1, 0.15) is 0 Å². The van der Waals surface area contributed by atoms with E-state index in [1.165, 1.54) is 11.3 Å². The Balaban J connectivity index is 2.56. The van der Waals surface area contributed by atoms with Crippen molar-refractivity contribution in [2.45, 2.75) is 53.1 Å². The molecular weight excluding hydrogens is 252 g/mol. The molecule has 0 aliphatic rings. The Hall–Kier alpha value is -0.380. The third kappa shape index (κ3) is 4.90. The van der Waals surface area contributed by atoms with Crippen LogP contribution in [0.3, 0.4) is 0 Å². The van der Waals surface area contributed by atoms with Gasteiger partial charge in [-0.2, -0.15) is 0 Å². The minimum absolute atomic E-state index is 0.273. The lowest BCUT2D eigenvalue weighted by Gasteiger charge is -2.38. The van der Waals surface area contributed by atoms with Crippen molar-refractivity contribution in [3.8, 4) is 0 Å². The van der Waals surface area contributed by atoms with Gasteiger partial charge in [0.15, 0.2) is 0 Å². The largest absolute Gasteiger partial charge is 0.314 e. The van der Waals surface area contributed by atoms with Gasteiger partial charge in [0.05, 0.1) is 0 Å². The lowest BCUT2D eigenvalue weighted by Crippen LogP contribution is -2.46. The highest BCUT2D eigenvalue weighted by atomic mass is 32.1. The highest BCUT2D eigenvalue weighted by molar-refractivity contribution is 7.10. The molecule has 1 aromatic heterocycles. The molecule has 1 heterocycles. The molecule has 0 saturated heterocycles. The first-order valence-corrected chi connectivity index (χ1v) is 8.23. The standard InChI is InChI=1S/C16H30N2S/c1-7-10-17-14(3)16(4,5)12-18(6)13(2)15-9-8-11-19-15/h8-9,11,13-14,17H,7,10,12H2,1-6H3. The molecule has 3 heteroatoms. The van der Waals surface area contributed by atoms with E-state index in [-0.39, 0.29) is 5.41 Å². The summed E-state index contributed by atoms with van der Waals surface area (Å²) in [7, 11) is 2.23. The van der Waals surface area contributed by atoms with Gasteiger partial charge in [-0.15, -0.1) is 11.3 Å². The van der Waals surface area contributed by atoms with Gasteiger partial charge < -0.3 is 5.32 Å². The summed E-state index contributed by atoms with van der Waals surface area (Å²) in [5, 5.41) is 5.79. The smallest absolute Gasteiger partial charge is 0.0410 e. The van der Waals surface area contributed by atoms with E-state index in [2.05, 4.69) is 69.4 Å². The first-order chi connectivity index (χ1) is 8.88. The summed E-state index contributed by atoms with van der Waals surface area (Å²) < 4.78 is 0. The maximum atomic E-state index is 3.63. The van der Waals surface area contributed by atoms with Crippen molar-refractivity contribution in [1.29, 1.82) is 0 Å². The van der Waals surface area contributed by atoms with Crippen LogP contribution in [0, 0.1) is 5.41 Å². The molecule has 2 nitrogen and oxygen atoms in total. The van der Waals surface area contributed by atoms with Crippen molar-refractivity contribution in [2.75, 3.05) is 20.1 Å². The van der Waals surface area contributed by atoms with Crippen LogP contribution < -0.4 is 5.32 Å². The third-order valence-corrected chi connectivity index (χ3v) is 5.19. The van der Waals surface area contributed by atoms with Gasteiger partial charge in [-0.1, -0.05) is 26.8 Å². The minimum atomic E-state index is 0.273.